The van der Waals surface area contributed by atoms with Crippen molar-refractivity contribution < 1.29 is 14.3 Å². The Balaban J connectivity index is 1.42. The maximum atomic E-state index is 12.9. The molecule has 2 aromatic carbocycles. The lowest BCUT2D eigenvalue weighted by atomic mass is 10.1. The van der Waals surface area contributed by atoms with Crippen LogP contribution >= 0.6 is 0 Å². The Bertz CT molecular complexity index is 1220. The molecule has 0 bridgehead atoms. The zero-order chi connectivity index (χ0) is 22.8. The van der Waals surface area contributed by atoms with Crippen molar-refractivity contribution in [3.05, 3.63) is 69.8 Å². The Labute approximate surface area is 186 Å². The molecule has 0 radical (unpaired) electrons. The second-order valence-corrected chi connectivity index (χ2v) is 8.34. The third kappa shape index (κ3) is 4.56. The molecule has 1 heterocycles. The molecule has 1 aliphatic rings. The summed E-state index contributed by atoms with van der Waals surface area (Å²) in [5, 5.41) is 3.43. The summed E-state index contributed by atoms with van der Waals surface area (Å²) in [7, 11) is 0. The van der Waals surface area contributed by atoms with Crippen LogP contribution in [-0.2, 0) is 20.7 Å². The van der Waals surface area contributed by atoms with Crippen molar-refractivity contribution >= 4 is 28.5 Å². The van der Waals surface area contributed by atoms with Crippen LogP contribution in [0.25, 0.3) is 10.9 Å². The number of aromatic nitrogens is 2. The molecule has 7 nitrogen and oxygen atoms in total. The zero-order valence-corrected chi connectivity index (χ0v) is 18.6. The number of para-hydroxylation sites is 2. The Hall–Kier alpha value is -3.48. The number of carbonyl (C=O) groups is 2. The number of nitrogens with zero attached hydrogens (tertiary/aromatic N) is 2. The molecule has 1 N–H and O–H groups in total. The molecule has 1 fully saturated rings. The van der Waals surface area contributed by atoms with E-state index in [2.05, 4.69) is 10.3 Å². The quantitative estimate of drug-likeness (QED) is 0.572. The normalized spacial score (nSPS) is 14.2. The van der Waals surface area contributed by atoms with Crippen LogP contribution in [0.5, 0.6) is 0 Å². The molecule has 32 heavy (non-hydrogen) atoms. The maximum Gasteiger partial charge on any atom is 0.307 e. The largest absolute Gasteiger partial charge is 0.453 e. The van der Waals surface area contributed by atoms with E-state index in [-0.39, 0.29) is 30.3 Å². The minimum atomic E-state index is -0.934. The monoisotopic (exact) mass is 433 g/mol. The third-order valence-electron chi connectivity index (χ3n) is 5.75. The van der Waals surface area contributed by atoms with Crippen LogP contribution in [0.3, 0.4) is 0 Å². The summed E-state index contributed by atoms with van der Waals surface area (Å²) >= 11 is 0. The molecule has 0 aliphatic heterocycles. The molecule has 166 valence electrons. The lowest BCUT2D eigenvalue weighted by molar-refractivity contribution is -0.153. The Morgan fingerprint density at radius 1 is 1.12 bits per heavy atom. The maximum absolute atomic E-state index is 12.9. The van der Waals surface area contributed by atoms with Gasteiger partial charge in [-0.3, -0.25) is 19.0 Å². The van der Waals surface area contributed by atoms with Crippen LogP contribution in [0.4, 0.5) is 5.69 Å². The van der Waals surface area contributed by atoms with Crippen LogP contribution < -0.4 is 10.9 Å². The van der Waals surface area contributed by atoms with Gasteiger partial charge in [0.1, 0.15) is 5.82 Å². The number of amides is 1. The van der Waals surface area contributed by atoms with Gasteiger partial charge in [-0.15, -0.1) is 0 Å². The molecular weight excluding hydrogens is 406 g/mol. The lowest BCUT2D eigenvalue weighted by Crippen LogP contribution is -2.31. The van der Waals surface area contributed by atoms with Gasteiger partial charge in [0.25, 0.3) is 11.5 Å². The summed E-state index contributed by atoms with van der Waals surface area (Å²) in [4.78, 5) is 42.5. The number of anilines is 1. The molecule has 1 unspecified atom stereocenters. The number of fused-ring (bicyclic) bond motifs is 1. The van der Waals surface area contributed by atoms with E-state index in [0.717, 1.165) is 29.7 Å². The summed E-state index contributed by atoms with van der Waals surface area (Å²) < 4.78 is 7.07. The summed E-state index contributed by atoms with van der Waals surface area (Å²) in [6.45, 7) is 5.37. The Morgan fingerprint density at radius 2 is 1.81 bits per heavy atom. The fourth-order valence-electron chi connectivity index (χ4n) is 3.84. The number of rotatable bonds is 7. The van der Waals surface area contributed by atoms with Crippen molar-refractivity contribution in [1.82, 2.24) is 9.55 Å². The number of benzene rings is 2. The SMILES string of the molecule is Cc1cccc(C)c1NC(=O)C(C)OC(=O)CCc1nc2ccccc2c(=O)n1C1CC1. The van der Waals surface area contributed by atoms with E-state index in [4.69, 9.17) is 4.74 Å². The van der Waals surface area contributed by atoms with Gasteiger partial charge < -0.3 is 10.1 Å². The van der Waals surface area contributed by atoms with Gasteiger partial charge in [0.15, 0.2) is 6.10 Å². The van der Waals surface area contributed by atoms with E-state index in [1.807, 2.05) is 44.2 Å². The number of esters is 1. The van der Waals surface area contributed by atoms with Crippen molar-refractivity contribution in [3.8, 4) is 0 Å². The van der Waals surface area contributed by atoms with E-state index in [1.54, 1.807) is 23.6 Å². The van der Waals surface area contributed by atoms with Crippen molar-refractivity contribution in [1.29, 1.82) is 0 Å². The first-order valence-electron chi connectivity index (χ1n) is 10.9. The number of nitrogens with one attached hydrogen (secondary N) is 1. The minimum Gasteiger partial charge on any atom is -0.453 e. The first-order chi connectivity index (χ1) is 15.3. The van der Waals surface area contributed by atoms with Crippen molar-refractivity contribution in [2.45, 2.75) is 58.6 Å². The summed E-state index contributed by atoms with van der Waals surface area (Å²) in [6.07, 6.45) is 1.26. The van der Waals surface area contributed by atoms with E-state index in [1.165, 1.54) is 0 Å². The standard InChI is InChI=1S/C25H27N3O4/c1-15-7-6-8-16(2)23(15)27-24(30)17(3)32-22(29)14-13-21-26-20-10-5-4-9-19(20)25(31)28(21)18-11-12-18/h4-10,17-18H,11-14H2,1-3H3,(H,27,30). The predicted molar refractivity (Wildman–Crippen MR) is 123 cm³/mol. The second-order valence-electron chi connectivity index (χ2n) is 8.34. The highest BCUT2D eigenvalue weighted by Crippen LogP contribution is 2.35. The first-order valence-corrected chi connectivity index (χ1v) is 10.9. The van der Waals surface area contributed by atoms with Gasteiger partial charge in [-0.2, -0.15) is 0 Å². The number of hydrogen-bond donors (Lipinski definition) is 1. The van der Waals surface area contributed by atoms with E-state index in [9.17, 15) is 14.4 Å². The second kappa shape index (κ2) is 8.94. The molecule has 1 saturated carbocycles. The average Bonchev–Trinajstić information content (AvgIpc) is 3.60. The number of aryl methyl sites for hydroxylation is 3. The molecule has 1 amide bonds. The molecule has 1 aliphatic carbocycles. The first kappa shape index (κ1) is 21.7. The molecule has 7 heteroatoms. The van der Waals surface area contributed by atoms with Gasteiger partial charge in [0.05, 0.1) is 17.3 Å². The predicted octanol–water partition coefficient (Wildman–Crippen LogP) is 3.85. The Morgan fingerprint density at radius 3 is 2.50 bits per heavy atom. The smallest absolute Gasteiger partial charge is 0.307 e. The molecule has 0 spiro atoms. The fourth-order valence-corrected chi connectivity index (χ4v) is 3.84. The van der Waals surface area contributed by atoms with Crippen molar-refractivity contribution in [2.75, 3.05) is 5.32 Å². The van der Waals surface area contributed by atoms with Gasteiger partial charge >= 0.3 is 5.97 Å². The number of ether oxygens (including phenoxy) is 1. The van der Waals surface area contributed by atoms with Gasteiger partial charge in [-0.25, -0.2) is 4.98 Å². The van der Waals surface area contributed by atoms with E-state index in [0.29, 0.717) is 16.7 Å². The van der Waals surface area contributed by atoms with Gasteiger partial charge in [0.2, 0.25) is 0 Å². The topological polar surface area (TPSA) is 90.3 Å². The van der Waals surface area contributed by atoms with E-state index < -0.39 is 12.1 Å². The van der Waals surface area contributed by atoms with E-state index >= 15 is 0 Å². The molecule has 3 aromatic rings. The van der Waals surface area contributed by atoms with Crippen LogP contribution in [0, 0.1) is 13.8 Å². The van der Waals surface area contributed by atoms with Gasteiger partial charge in [-0.05, 0) is 56.9 Å². The molecule has 1 aromatic heterocycles. The van der Waals surface area contributed by atoms with Crippen LogP contribution in [0.15, 0.2) is 47.3 Å². The van der Waals surface area contributed by atoms with Crippen molar-refractivity contribution in [3.63, 3.8) is 0 Å². The summed E-state index contributed by atoms with van der Waals surface area (Å²) in [6, 6.07) is 13.1. The average molecular weight is 434 g/mol. The van der Waals surface area contributed by atoms with Gasteiger partial charge in [0, 0.05) is 18.2 Å². The van der Waals surface area contributed by atoms with Crippen LogP contribution in [0.2, 0.25) is 0 Å². The highest BCUT2D eigenvalue weighted by Gasteiger charge is 2.28. The number of hydrogen-bond acceptors (Lipinski definition) is 5. The van der Waals surface area contributed by atoms with Crippen molar-refractivity contribution in [2.24, 2.45) is 0 Å². The molecular formula is C25H27N3O4. The summed E-state index contributed by atoms with van der Waals surface area (Å²) in [5.41, 5.74) is 3.17. The lowest BCUT2D eigenvalue weighted by Gasteiger charge is -2.17. The Kier molecular flexibility index (Phi) is 6.08. The minimum absolute atomic E-state index is 0.0402. The highest BCUT2D eigenvalue weighted by atomic mass is 16.5. The fraction of sp³-hybridized carbons (Fsp3) is 0.360. The zero-order valence-electron chi connectivity index (χ0n) is 18.6. The molecule has 1 atom stereocenters. The summed E-state index contributed by atoms with van der Waals surface area (Å²) in [5.74, 6) is -0.297. The molecule has 4 rings (SSSR count). The number of carbonyl (C=O) groups excluding carboxylic acids is 2. The van der Waals surface area contributed by atoms with Crippen LogP contribution in [0.1, 0.15) is 49.2 Å². The molecule has 0 saturated heterocycles. The van der Waals surface area contributed by atoms with Gasteiger partial charge in [-0.1, -0.05) is 30.3 Å². The van der Waals surface area contributed by atoms with Crippen LogP contribution in [-0.4, -0.2) is 27.5 Å². The highest BCUT2D eigenvalue weighted by molar-refractivity contribution is 5.96. The third-order valence-corrected chi connectivity index (χ3v) is 5.75.